The topological polar surface area (TPSA) is 82.2 Å². The van der Waals surface area contributed by atoms with Gasteiger partial charge in [-0.05, 0) is 12.1 Å². The number of nitrogens with two attached hydrogens (primary N) is 1. The number of aryl methyl sites for hydroxylation is 1. The minimum atomic E-state index is -0.492. The summed E-state index contributed by atoms with van der Waals surface area (Å²) in [5.41, 5.74) is 7.01. The molecule has 1 aromatic heterocycles. The van der Waals surface area contributed by atoms with Gasteiger partial charge >= 0.3 is 0 Å². The van der Waals surface area contributed by atoms with Gasteiger partial charge in [0.1, 0.15) is 5.75 Å². The molecule has 0 radical (unpaired) electrons. The Morgan fingerprint density at radius 1 is 1.53 bits per heavy atom. The summed E-state index contributed by atoms with van der Waals surface area (Å²) in [5.74, 6) is 0.113. The van der Waals surface area contributed by atoms with Crippen molar-refractivity contribution in [3.05, 3.63) is 42.5 Å². The van der Waals surface area contributed by atoms with Crippen LogP contribution < -0.4 is 15.8 Å². The molecule has 0 saturated carbocycles. The number of aromatic nitrogens is 2. The van der Waals surface area contributed by atoms with E-state index in [9.17, 15) is 4.79 Å². The number of imidazole rings is 1. The molecule has 1 amide bonds. The fraction of sp³-hybridized carbons (Fsp3) is 0.231. The molecular formula is C13H16N4O2. The smallest absolute Gasteiger partial charge is 0.255 e. The SMILES string of the molecule is Cn1cncc1CNc1cccc(OCC(N)=O)c1. The molecule has 3 N–H and O–H groups in total. The van der Waals surface area contributed by atoms with E-state index < -0.39 is 5.91 Å². The molecule has 0 spiro atoms. The van der Waals surface area contributed by atoms with Crippen LogP contribution in [-0.2, 0) is 18.4 Å². The molecule has 0 atom stereocenters. The van der Waals surface area contributed by atoms with Crippen molar-refractivity contribution in [3.63, 3.8) is 0 Å². The first-order valence-electron chi connectivity index (χ1n) is 5.85. The van der Waals surface area contributed by atoms with Crippen LogP contribution >= 0.6 is 0 Å². The lowest BCUT2D eigenvalue weighted by atomic mass is 10.3. The van der Waals surface area contributed by atoms with Gasteiger partial charge in [0.05, 0.1) is 18.6 Å². The van der Waals surface area contributed by atoms with E-state index >= 15 is 0 Å². The summed E-state index contributed by atoms with van der Waals surface area (Å²) < 4.78 is 7.18. The summed E-state index contributed by atoms with van der Waals surface area (Å²) in [6.07, 6.45) is 3.56. The van der Waals surface area contributed by atoms with Crippen LogP contribution in [0.3, 0.4) is 0 Å². The molecule has 0 aliphatic carbocycles. The molecule has 0 aliphatic heterocycles. The second-order valence-electron chi connectivity index (χ2n) is 4.13. The highest BCUT2D eigenvalue weighted by Gasteiger charge is 2.01. The average molecular weight is 260 g/mol. The average Bonchev–Trinajstić information content (AvgIpc) is 2.80. The van der Waals surface area contributed by atoms with Crippen LogP contribution in [0.15, 0.2) is 36.8 Å². The van der Waals surface area contributed by atoms with Gasteiger partial charge in [0.2, 0.25) is 0 Å². The van der Waals surface area contributed by atoms with Crippen molar-refractivity contribution in [2.24, 2.45) is 12.8 Å². The Hall–Kier alpha value is -2.50. The monoisotopic (exact) mass is 260 g/mol. The number of hydrogen-bond acceptors (Lipinski definition) is 4. The van der Waals surface area contributed by atoms with E-state index in [-0.39, 0.29) is 6.61 Å². The van der Waals surface area contributed by atoms with Crippen LogP contribution in [0, 0.1) is 0 Å². The molecule has 0 unspecified atom stereocenters. The van der Waals surface area contributed by atoms with E-state index in [1.165, 1.54) is 0 Å². The van der Waals surface area contributed by atoms with Gasteiger partial charge in [-0.3, -0.25) is 4.79 Å². The lowest BCUT2D eigenvalue weighted by Crippen LogP contribution is -2.20. The van der Waals surface area contributed by atoms with Gasteiger partial charge in [0.15, 0.2) is 6.61 Å². The first kappa shape index (κ1) is 12.9. The molecule has 6 heteroatoms. The molecule has 0 fully saturated rings. The van der Waals surface area contributed by atoms with E-state index in [1.807, 2.05) is 29.8 Å². The van der Waals surface area contributed by atoms with Gasteiger partial charge in [-0.25, -0.2) is 4.98 Å². The maximum absolute atomic E-state index is 10.6. The van der Waals surface area contributed by atoms with Crippen LogP contribution in [0.25, 0.3) is 0 Å². The number of primary amides is 1. The van der Waals surface area contributed by atoms with Gasteiger partial charge in [-0.2, -0.15) is 0 Å². The van der Waals surface area contributed by atoms with Crippen molar-refractivity contribution in [3.8, 4) is 5.75 Å². The highest BCUT2D eigenvalue weighted by Crippen LogP contribution is 2.17. The molecule has 0 aliphatic rings. The number of benzene rings is 1. The zero-order chi connectivity index (χ0) is 13.7. The van der Waals surface area contributed by atoms with Gasteiger partial charge in [-0.15, -0.1) is 0 Å². The number of nitrogens with one attached hydrogen (secondary N) is 1. The molecule has 6 nitrogen and oxygen atoms in total. The number of carbonyl (C=O) groups excluding carboxylic acids is 1. The summed E-state index contributed by atoms with van der Waals surface area (Å²) in [6.45, 7) is 0.543. The standard InChI is InChI=1S/C13H16N4O2/c1-17-9-15-6-11(17)7-16-10-3-2-4-12(5-10)19-8-13(14)18/h2-6,9,16H,7-8H2,1H3,(H2,14,18). The Balaban J connectivity index is 1.95. The van der Waals surface area contributed by atoms with Crippen LogP contribution in [0.4, 0.5) is 5.69 Å². The van der Waals surface area contributed by atoms with Crippen LogP contribution in [0.2, 0.25) is 0 Å². The summed E-state index contributed by atoms with van der Waals surface area (Å²) in [6, 6.07) is 7.37. The summed E-state index contributed by atoms with van der Waals surface area (Å²) in [7, 11) is 1.94. The Labute approximate surface area is 111 Å². The molecule has 0 bridgehead atoms. The Bertz CT molecular complexity index is 565. The number of nitrogens with zero attached hydrogens (tertiary/aromatic N) is 2. The maximum Gasteiger partial charge on any atom is 0.255 e. The van der Waals surface area contributed by atoms with Crippen molar-refractivity contribution < 1.29 is 9.53 Å². The molecule has 1 aromatic carbocycles. The molecular weight excluding hydrogens is 244 g/mol. The van der Waals surface area contributed by atoms with Crippen LogP contribution in [-0.4, -0.2) is 22.1 Å². The quantitative estimate of drug-likeness (QED) is 0.808. The number of amides is 1. The Morgan fingerprint density at radius 2 is 2.37 bits per heavy atom. The molecule has 100 valence electrons. The van der Waals surface area contributed by atoms with Crippen LogP contribution in [0.5, 0.6) is 5.75 Å². The van der Waals surface area contributed by atoms with E-state index in [2.05, 4.69) is 10.3 Å². The molecule has 19 heavy (non-hydrogen) atoms. The number of carbonyl (C=O) groups is 1. The largest absolute Gasteiger partial charge is 0.484 e. The number of anilines is 1. The van der Waals surface area contributed by atoms with Crippen molar-refractivity contribution in [2.75, 3.05) is 11.9 Å². The van der Waals surface area contributed by atoms with Gasteiger partial charge in [0, 0.05) is 25.0 Å². The van der Waals surface area contributed by atoms with Gasteiger partial charge < -0.3 is 20.4 Å². The first-order chi connectivity index (χ1) is 9.15. The fourth-order valence-corrected chi connectivity index (χ4v) is 1.60. The van der Waals surface area contributed by atoms with Crippen molar-refractivity contribution >= 4 is 11.6 Å². The lowest BCUT2D eigenvalue weighted by molar-refractivity contribution is -0.119. The summed E-state index contributed by atoms with van der Waals surface area (Å²) >= 11 is 0. The molecule has 2 aromatic rings. The first-order valence-corrected chi connectivity index (χ1v) is 5.85. The van der Waals surface area contributed by atoms with E-state index in [4.69, 9.17) is 10.5 Å². The number of ether oxygens (including phenoxy) is 1. The van der Waals surface area contributed by atoms with E-state index in [1.54, 1.807) is 18.6 Å². The molecule has 1 heterocycles. The predicted octanol–water partition coefficient (Wildman–Crippen LogP) is 0.896. The minimum Gasteiger partial charge on any atom is -0.484 e. The highest BCUT2D eigenvalue weighted by molar-refractivity contribution is 5.75. The fourth-order valence-electron chi connectivity index (χ4n) is 1.60. The second kappa shape index (κ2) is 5.90. The molecule has 2 rings (SSSR count). The minimum absolute atomic E-state index is 0.120. The normalized spacial score (nSPS) is 10.2. The van der Waals surface area contributed by atoms with Crippen molar-refractivity contribution in [2.45, 2.75) is 6.54 Å². The zero-order valence-corrected chi connectivity index (χ0v) is 10.7. The molecule has 0 saturated heterocycles. The number of rotatable bonds is 6. The summed E-state index contributed by atoms with van der Waals surface area (Å²) in [4.78, 5) is 14.7. The third kappa shape index (κ3) is 3.74. The van der Waals surface area contributed by atoms with Gasteiger partial charge in [0.25, 0.3) is 5.91 Å². The maximum atomic E-state index is 10.6. The Kier molecular flexibility index (Phi) is 4.02. The van der Waals surface area contributed by atoms with E-state index in [0.717, 1.165) is 11.4 Å². The third-order valence-electron chi connectivity index (χ3n) is 2.61. The van der Waals surface area contributed by atoms with Crippen LogP contribution in [0.1, 0.15) is 5.69 Å². The van der Waals surface area contributed by atoms with Crippen molar-refractivity contribution in [1.82, 2.24) is 9.55 Å². The summed E-state index contributed by atoms with van der Waals surface area (Å²) in [5, 5.41) is 3.26. The van der Waals surface area contributed by atoms with E-state index in [0.29, 0.717) is 12.3 Å². The Morgan fingerprint density at radius 3 is 3.05 bits per heavy atom. The predicted molar refractivity (Wildman–Crippen MR) is 71.7 cm³/mol. The lowest BCUT2D eigenvalue weighted by Gasteiger charge is -2.09. The second-order valence-corrected chi connectivity index (χ2v) is 4.13. The highest BCUT2D eigenvalue weighted by atomic mass is 16.5. The van der Waals surface area contributed by atoms with Gasteiger partial charge in [-0.1, -0.05) is 6.07 Å². The third-order valence-corrected chi connectivity index (χ3v) is 2.61. The van der Waals surface area contributed by atoms with Crippen molar-refractivity contribution in [1.29, 1.82) is 0 Å². The zero-order valence-electron chi connectivity index (χ0n) is 10.7. The number of hydrogen-bond donors (Lipinski definition) is 2.